The highest BCUT2D eigenvalue weighted by atomic mass is 32.2. The SMILES string of the molecule is CSCCCCN=C1NC(C)C(C)CS1. The first kappa shape index (κ1) is 13.2. The van der Waals surface area contributed by atoms with Crippen LogP contribution in [0.3, 0.4) is 0 Å². The quantitative estimate of drug-likeness (QED) is 0.755. The van der Waals surface area contributed by atoms with Gasteiger partial charge in [-0.3, -0.25) is 4.99 Å². The third kappa shape index (κ3) is 5.16. The van der Waals surface area contributed by atoms with Crippen LogP contribution in [-0.2, 0) is 0 Å². The van der Waals surface area contributed by atoms with Crippen molar-refractivity contribution in [2.75, 3.05) is 24.3 Å². The molecule has 0 aromatic rings. The molecule has 0 aromatic carbocycles. The third-order valence-corrected chi connectivity index (χ3v) is 4.61. The Hall–Kier alpha value is 0.170. The minimum absolute atomic E-state index is 0.580. The fourth-order valence-electron chi connectivity index (χ4n) is 1.36. The van der Waals surface area contributed by atoms with Gasteiger partial charge in [0.05, 0.1) is 0 Å². The number of rotatable bonds is 5. The van der Waals surface area contributed by atoms with E-state index in [4.69, 9.17) is 0 Å². The van der Waals surface area contributed by atoms with Gasteiger partial charge in [0, 0.05) is 18.3 Å². The van der Waals surface area contributed by atoms with Crippen molar-refractivity contribution in [3.8, 4) is 0 Å². The van der Waals surface area contributed by atoms with Gasteiger partial charge in [-0.2, -0.15) is 11.8 Å². The molecule has 1 fully saturated rings. The molecule has 1 rings (SSSR count). The van der Waals surface area contributed by atoms with Crippen molar-refractivity contribution in [2.45, 2.75) is 32.7 Å². The molecule has 1 aliphatic heterocycles. The Bertz CT molecular complexity index is 207. The molecule has 1 saturated heterocycles. The summed E-state index contributed by atoms with van der Waals surface area (Å²) in [6, 6.07) is 0.580. The lowest BCUT2D eigenvalue weighted by Gasteiger charge is -2.28. The second-order valence-electron chi connectivity index (χ2n) is 4.11. The largest absolute Gasteiger partial charge is 0.362 e. The number of unbranched alkanes of at least 4 members (excludes halogenated alkanes) is 1. The lowest BCUT2D eigenvalue weighted by atomic mass is 10.1. The molecule has 88 valence electrons. The fourth-order valence-corrected chi connectivity index (χ4v) is 3.02. The lowest BCUT2D eigenvalue weighted by molar-refractivity contribution is 0.490. The summed E-state index contributed by atoms with van der Waals surface area (Å²) in [6.45, 7) is 5.52. The first-order valence-corrected chi connectivity index (χ1v) is 8.04. The maximum Gasteiger partial charge on any atom is 0.156 e. The van der Waals surface area contributed by atoms with E-state index in [1.165, 1.54) is 24.3 Å². The van der Waals surface area contributed by atoms with Gasteiger partial charge in [0.15, 0.2) is 5.17 Å². The molecular formula is C11H22N2S2. The average Bonchev–Trinajstić information content (AvgIpc) is 2.23. The van der Waals surface area contributed by atoms with Crippen molar-refractivity contribution in [1.29, 1.82) is 0 Å². The standard InChI is InChI=1S/C11H22N2S2/c1-9-8-15-11(13-10(9)2)12-6-4-5-7-14-3/h9-10H,4-8H2,1-3H3,(H,12,13). The fraction of sp³-hybridized carbons (Fsp3) is 0.909. The number of hydrogen-bond donors (Lipinski definition) is 1. The molecule has 4 heteroatoms. The van der Waals surface area contributed by atoms with Gasteiger partial charge >= 0.3 is 0 Å². The molecule has 0 saturated carbocycles. The highest BCUT2D eigenvalue weighted by Gasteiger charge is 2.20. The Morgan fingerprint density at radius 2 is 2.27 bits per heavy atom. The summed E-state index contributed by atoms with van der Waals surface area (Å²) in [5.41, 5.74) is 0. The molecule has 0 aromatic heterocycles. The van der Waals surface area contributed by atoms with Crippen LogP contribution in [0, 0.1) is 5.92 Å². The van der Waals surface area contributed by atoms with Crippen LogP contribution in [0.2, 0.25) is 0 Å². The van der Waals surface area contributed by atoms with Crippen molar-refractivity contribution in [2.24, 2.45) is 10.9 Å². The zero-order chi connectivity index (χ0) is 11.1. The Morgan fingerprint density at radius 3 is 2.93 bits per heavy atom. The first-order chi connectivity index (χ1) is 7.24. The second kappa shape index (κ2) is 7.44. The Morgan fingerprint density at radius 1 is 1.47 bits per heavy atom. The number of nitrogens with one attached hydrogen (secondary N) is 1. The summed E-state index contributed by atoms with van der Waals surface area (Å²) in [7, 11) is 0. The van der Waals surface area contributed by atoms with Gasteiger partial charge < -0.3 is 5.32 Å². The van der Waals surface area contributed by atoms with Crippen LogP contribution in [-0.4, -0.2) is 35.5 Å². The highest BCUT2D eigenvalue weighted by Crippen LogP contribution is 2.19. The van der Waals surface area contributed by atoms with E-state index >= 15 is 0 Å². The van der Waals surface area contributed by atoms with Crippen molar-refractivity contribution in [3.05, 3.63) is 0 Å². The van der Waals surface area contributed by atoms with Crippen molar-refractivity contribution in [1.82, 2.24) is 5.32 Å². The van der Waals surface area contributed by atoms with E-state index in [0.717, 1.165) is 17.6 Å². The van der Waals surface area contributed by atoms with Crippen LogP contribution in [0.4, 0.5) is 0 Å². The molecule has 0 radical (unpaired) electrons. The average molecular weight is 246 g/mol. The van der Waals surface area contributed by atoms with Gasteiger partial charge in [0.25, 0.3) is 0 Å². The van der Waals surface area contributed by atoms with Crippen molar-refractivity contribution in [3.63, 3.8) is 0 Å². The smallest absolute Gasteiger partial charge is 0.156 e. The van der Waals surface area contributed by atoms with Crippen LogP contribution in [0.5, 0.6) is 0 Å². The van der Waals surface area contributed by atoms with Crippen LogP contribution in [0.1, 0.15) is 26.7 Å². The van der Waals surface area contributed by atoms with Crippen LogP contribution >= 0.6 is 23.5 Å². The van der Waals surface area contributed by atoms with E-state index in [1.807, 2.05) is 23.5 Å². The number of hydrogen-bond acceptors (Lipinski definition) is 3. The van der Waals surface area contributed by atoms with E-state index in [0.29, 0.717) is 6.04 Å². The molecule has 2 unspecified atom stereocenters. The lowest BCUT2D eigenvalue weighted by Crippen LogP contribution is -2.41. The predicted octanol–water partition coefficient (Wildman–Crippen LogP) is 2.85. The summed E-state index contributed by atoms with van der Waals surface area (Å²) >= 11 is 3.79. The topological polar surface area (TPSA) is 24.4 Å². The zero-order valence-electron chi connectivity index (χ0n) is 9.95. The van der Waals surface area contributed by atoms with Gasteiger partial charge in [-0.25, -0.2) is 0 Å². The van der Waals surface area contributed by atoms with Gasteiger partial charge in [-0.05, 0) is 37.7 Å². The van der Waals surface area contributed by atoms with Crippen LogP contribution < -0.4 is 5.32 Å². The molecule has 0 spiro atoms. The van der Waals surface area contributed by atoms with Crippen molar-refractivity contribution >= 4 is 28.7 Å². The third-order valence-electron chi connectivity index (χ3n) is 2.70. The molecule has 2 atom stereocenters. The minimum Gasteiger partial charge on any atom is -0.362 e. The van der Waals surface area contributed by atoms with E-state index in [-0.39, 0.29) is 0 Å². The molecule has 0 bridgehead atoms. The van der Waals surface area contributed by atoms with Crippen LogP contribution in [0.15, 0.2) is 4.99 Å². The molecule has 0 amide bonds. The number of aliphatic imine (C=N–C) groups is 1. The Labute approximate surface area is 102 Å². The Kier molecular flexibility index (Phi) is 6.57. The first-order valence-electron chi connectivity index (χ1n) is 5.66. The van der Waals surface area contributed by atoms with E-state index in [2.05, 4.69) is 30.4 Å². The van der Waals surface area contributed by atoms with E-state index < -0.39 is 0 Å². The van der Waals surface area contributed by atoms with E-state index in [1.54, 1.807) is 0 Å². The summed E-state index contributed by atoms with van der Waals surface area (Å²) in [5, 5.41) is 4.62. The van der Waals surface area contributed by atoms with Gasteiger partial charge in [0.1, 0.15) is 0 Å². The monoisotopic (exact) mass is 246 g/mol. The molecule has 2 nitrogen and oxygen atoms in total. The molecule has 1 N–H and O–H groups in total. The predicted molar refractivity (Wildman–Crippen MR) is 74.1 cm³/mol. The summed E-state index contributed by atoms with van der Waals surface area (Å²) in [5.74, 6) is 3.22. The summed E-state index contributed by atoms with van der Waals surface area (Å²) < 4.78 is 0. The maximum absolute atomic E-state index is 4.60. The molecule has 1 heterocycles. The number of nitrogens with zero attached hydrogens (tertiary/aromatic N) is 1. The molecule has 0 aliphatic carbocycles. The molecule has 1 aliphatic rings. The van der Waals surface area contributed by atoms with E-state index in [9.17, 15) is 0 Å². The number of thioether (sulfide) groups is 2. The molecule has 15 heavy (non-hydrogen) atoms. The minimum atomic E-state index is 0.580. The van der Waals surface area contributed by atoms with Crippen molar-refractivity contribution < 1.29 is 0 Å². The Balaban J connectivity index is 2.17. The summed E-state index contributed by atoms with van der Waals surface area (Å²) in [6.07, 6.45) is 4.67. The highest BCUT2D eigenvalue weighted by molar-refractivity contribution is 8.13. The van der Waals surface area contributed by atoms with Crippen LogP contribution in [0.25, 0.3) is 0 Å². The molecular weight excluding hydrogens is 224 g/mol. The zero-order valence-corrected chi connectivity index (χ0v) is 11.6. The van der Waals surface area contributed by atoms with Gasteiger partial charge in [-0.1, -0.05) is 18.7 Å². The normalized spacial score (nSPS) is 29.1. The van der Waals surface area contributed by atoms with Gasteiger partial charge in [-0.15, -0.1) is 0 Å². The summed E-state index contributed by atoms with van der Waals surface area (Å²) in [4.78, 5) is 4.60. The number of amidine groups is 1. The maximum atomic E-state index is 4.60. The van der Waals surface area contributed by atoms with Gasteiger partial charge in [0.2, 0.25) is 0 Å². The second-order valence-corrected chi connectivity index (χ2v) is 6.10.